The van der Waals surface area contributed by atoms with E-state index in [9.17, 15) is 9.59 Å². The summed E-state index contributed by atoms with van der Waals surface area (Å²) < 4.78 is 15.0. The number of carbonyl (C=O) groups excluding carboxylic acids is 1. The zero-order valence-corrected chi connectivity index (χ0v) is 11.9. The zero-order valence-electron chi connectivity index (χ0n) is 11.9. The van der Waals surface area contributed by atoms with Crippen molar-refractivity contribution in [2.24, 2.45) is 0 Å². The number of benzene rings is 1. The highest BCUT2D eigenvalue weighted by molar-refractivity contribution is 5.97. The summed E-state index contributed by atoms with van der Waals surface area (Å²) in [5, 5.41) is 17.7. The lowest BCUT2D eigenvalue weighted by atomic mass is 10.1. The van der Waals surface area contributed by atoms with Crippen LogP contribution in [-0.2, 0) is 4.74 Å². The molecular formula is C14H18O7. The molecular weight excluding hydrogens is 280 g/mol. The number of hydrogen-bond donors (Lipinski definition) is 2. The van der Waals surface area contributed by atoms with Crippen molar-refractivity contribution in [1.82, 2.24) is 0 Å². The summed E-state index contributed by atoms with van der Waals surface area (Å²) in [7, 11) is 2.64. The number of carboxylic acids is 1. The Bertz CT molecular complexity index is 510. The van der Waals surface area contributed by atoms with Crippen molar-refractivity contribution in [2.45, 2.75) is 12.8 Å². The van der Waals surface area contributed by atoms with Crippen molar-refractivity contribution in [1.29, 1.82) is 0 Å². The third-order valence-electron chi connectivity index (χ3n) is 2.76. The molecule has 1 aromatic carbocycles. The summed E-state index contributed by atoms with van der Waals surface area (Å²) >= 11 is 0. The van der Waals surface area contributed by atoms with Gasteiger partial charge in [0.15, 0.2) is 0 Å². The van der Waals surface area contributed by atoms with Crippen molar-refractivity contribution >= 4 is 11.9 Å². The summed E-state index contributed by atoms with van der Waals surface area (Å²) in [6.45, 7) is 0.188. The molecule has 1 aromatic rings. The Morgan fingerprint density at radius 3 is 2.14 bits per heavy atom. The number of aliphatic hydroxyl groups excluding tert-OH is 1. The molecule has 0 aliphatic carbocycles. The van der Waals surface area contributed by atoms with Crippen LogP contribution in [0.25, 0.3) is 0 Å². The molecule has 0 radical (unpaired) electrons. The minimum Gasteiger partial charge on any atom is -0.496 e. The Hall–Kier alpha value is -2.28. The fourth-order valence-corrected chi connectivity index (χ4v) is 1.68. The van der Waals surface area contributed by atoms with E-state index in [1.165, 1.54) is 26.4 Å². The van der Waals surface area contributed by atoms with Gasteiger partial charge < -0.3 is 24.4 Å². The van der Waals surface area contributed by atoms with E-state index in [2.05, 4.69) is 0 Å². The minimum atomic E-state index is -1.19. The monoisotopic (exact) mass is 298 g/mol. The Morgan fingerprint density at radius 2 is 1.62 bits per heavy atom. The van der Waals surface area contributed by atoms with Gasteiger partial charge in [-0.25, -0.2) is 9.59 Å². The molecule has 0 aliphatic heterocycles. The molecule has 1 rings (SSSR count). The third kappa shape index (κ3) is 4.35. The molecule has 0 spiro atoms. The van der Waals surface area contributed by atoms with E-state index in [0.29, 0.717) is 12.8 Å². The number of methoxy groups -OCH3 is 2. The highest BCUT2D eigenvalue weighted by atomic mass is 16.5. The number of aromatic carboxylic acids is 1. The largest absolute Gasteiger partial charge is 0.496 e. The van der Waals surface area contributed by atoms with Crippen LogP contribution in [0.5, 0.6) is 11.5 Å². The molecule has 0 bridgehead atoms. The number of esters is 1. The number of carbonyl (C=O) groups is 2. The second kappa shape index (κ2) is 8.11. The van der Waals surface area contributed by atoms with Gasteiger partial charge in [0.05, 0.1) is 20.8 Å². The minimum absolute atomic E-state index is 0.0298. The highest BCUT2D eigenvalue weighted by Gasteiger charge is 2.21. The van der Waals surface area contributed by atoms with E-state index in [-0.39, 0.29) is 35.8 Å². The molecule has 0 aromatic heterocycles. The van der Waals surface area contributed by atoms with Crippen LogP contribution in [0.15, 0.2) is 12.1 Å². The van der Waals surface area contributed by atoms with E-state index < -0.39 is 11.9 Å². The average Bonchev–Trinajstić information content (AvgIpc) is 2.49. The van der Waals surface area contributed by atoms with Gasteiger partial charge >= 0.3 is 11.9 Å². The van der Waals surface area contributed by atoms with E-state index in [4.69, 9.17) is 24.4 Å². The number of hydrogen-bond acceptors (Lipinski definition) is 6. The quantitative estimate of drug-likeness (QED) is 0.551. The normalized spacial score (nSPS) is 10.0. The maximum absolute atomic E-state index is 12.0. The second-order valence-electron chi connectivity index (χ2n) is 4.12. The SMILES string of the molecule is COc1cc(C(=O)OCCCCO)c(OC)cc1C(=O)O. The van der Waals surface area contributed by atoms with Gasteiger partial charge in [-0.2, -0.15) is 0 Å². The maximum atomic E-state index is 12.0. The van der Waals surface area contributed by atoms with Crippen molar-refractivity contribution in [2.75, 3.05) is 27.4 Å². The predicted octanol–water partition coefficient (Wildman–Crippen LogP) is 1.33. The Balaban J connectivity index is 3.00. The molecule has 7 nitrogen and oxygen atoms in total. The molecule has 0 unspecified atom stereocenters. The molecule has 0 saturated carbocycles. The summed E-state index contributed by atoms with van der Waals surface area (Å²) in [6.07, 6.45) is 1.07. The number of carboxylic acid groups (broad SMARTS) is 1. The summed E-state index contributed by atoms with van der Waals surface area (Å²) in [5.74, 6) is -1.68. The van der Waals surface area contributed by atoms with Crippen LogP contribution < -0.4 is 9.47 Å². The third-order valence-corrected chi connectivity index (χ3v) is 2.76. The average molecular weight is 298 g/mol. The van der Waals surface area contributed by atoms with Crippen LogP contribution in [0.4, 0.5) is 0 Å². The van der Waals surface area contributed by atoms with Gasteiger partial charge in [-0.3, -0.25) is 0 Å². The number of aliphatic hydroxyl groups is 1. The Morgan fingerprint density at radius 1 is 1.05 bits per heavy atom. The van der Waals surface area contributed by atoms with Crippen molar-refractivity contribution in [3.63, 3.8) is 0 Å². The predicted molar refractivity (Wildman–Crippen MR) is 73.1 cm³/mol. The van der Waals surface area contributed by atoms with Crippen LogP contribution in [0.3, 0.4) is 0 Å². The van der Waals surface area contributed by atoms with E-state index in [1.54, 1.807) is 0 Å². The van der Waals surface area contributed by atoms with Crippen molar-refractivity contribution < 1.29 is 34.0 Å². The first-order valence-corrected chi connectivity index (χ1v) is 6.32. The smallest absolute Gasteiger partial charge is 0.342 e. The molecule has 0 saturated heterocycles. The molecule has 116 valence electrons. The number of ether oxygens (including phenoxy) is 3. The summed E-state index contributed by atoms with van der Waals surface area (Å²) in [6, 6.07) is 2.49. The first-order chi connectivity index (χ1) is 10.0. The molecule has 7 heteroatoms. The number of unbranched alkanes of at least 4 members (excludes halogenated alkanes) is 1. The zero-order chi connectivity index (χ0) is 15.8. The van der Waals surface area contributed by atoms with E-state index in [0.717, 1.165) is 0 Å². The van der Waals surface area contributed by atoms with Gasteiger partial charge in [0.25, 0.3) is 0 Å². The van der Waals surface area contributed by atoms with E-state index in [1.807, 2.05) is 0 Å². The topological polar surface area (TPSA) is 102 Å². The summed E-state index contributed by atoms with van der Waals surface area (Å²) in [5.41, 5.74) is -0.0190. The van der Waals surface area contributed by atoms with Crippen LogP contribution in [-0.4, -0.2) is 49.6 Å². The number of rotatable bonds is 8. The second-order valence-corrected chi connectivity index (χ2v) is 4.12. The fourth-order valence-electron chi connectivity index (χ4n) is 1.68. The van der Waals surface area contributed by atoms with Crippen LogP contribution in [0.1, 0.15) is 33.6 Å². The van der Waals surface area contributed by atoms with Gasteiger partial charge in [-0.1, -0.05) is 0 Å². The molecule has 0 amide bonds. The molecule has 0 fully saturated rings. The first kappa shape index (κ1) is 16.8. The Labute approximate surface area is 122 Å². The van der Waals surface area contributed by atoms with Gasteiger partial charge in [0, 0.05) is 6.61 Å². The van der Waals surface area contributed by atoms with E-state index >= 15 is 0 Å². The van der Waals surface area contributed by atoms with Gasteiger partial charge in [-0.15, -0.1) is 0 Å². The first-order valence-electron chi connectivity index (χ1n) is 6.32. The summed E-state index contributed by atoms with van der Waals surface area (Å²) in [4.78, 5) is 23.1. The highest BCUT2D eigenvalue weighted by Crippen LogP contribution is 2.29. The van der Waals surface area contributed by atoms with Gasteiger partial charge in [0.1, 0.15) is 22.6 Å². The Kier molecular flexibility index (Phi) is 6.48. The van der Waals surface area contributed by atoms with Crippen molar-refractivity contribution in [3.05, 3.63) is 23.3 Å². The van der Waals surface area contributed by atoms with Crippen LogP contribution >= 0.6 is 0 Å². The molecule has 0 aliphatic rings. The van der Waals surface area contributed by atoms with Gasteiger partial charge in [-0.05, 0) is 25.0 Å². The lowest BCUT2D eigenvalue weighted by Crippen LogP contribution is -2.11. The maximum Gasteiger partial charge on any atom is 0.342 e. The van der Waals surface area contributed by atoms with Gasteiger partial charge in [0.2, 0.25) is 0 Å². The molecule has 21 heavy (non-hydrogen) atoms. The van der Waals surface area contributed by atoms with Crippen molar-refractivity contribution in [3.8, 4) is 11.5 Å². The van der Waals surface area contributed by atoms with Crippen LogP contribution in [0.2, 0.25) is 0 Å². The molecule has 0 heterocycles. The fraction of sp³-hybridized carbons (Fsp3) is 0.429. The molecule has 0 atom stereocenters. The molecule has 2 N–H and O–H groups in total. The van der Waals surface area contributed by atoms with Crippen LogP contribution in [0, 0.1) is 0 Å². The standard InChI is InChI=1S/C14H18O7/c1-19-11-8-10(14(18)21-6-4-3-5-15)12(20-2)7-9(11)13(16)17/h7-8,15H,3-6H2,1-2H3,(H,16,17). The lowest BCUT2D eigenvalue weighted by molar-refractivity contribution is 0.0487. The lowest BCUT2D eigenvalue weighted by Gasteiger charge is -2.12.